The fraction of sp³-hybridized carbons (Fsp3) is 0.125. The van der Waals surface area contributed by atoms with Crippen LogP contribution in [-0.2, 0) is 11.4 Å². The molecule has 0 aliphatic carbocycles. The monoisotopic (exact) mass is 406 g/mol. The number of ether oxygens (including phenoxy) is 2. The van der Waals surface area contributed by atoms with E-state index >= 15 is 0 Å². The van der Waals surface area contributed by atoms with Gasteiger partial charge in [0.2, 0.25) is 0 Å². The van der Waals surface area contributed by atoms with Crippen molar-refractivity contribution in [3.05, 3.63) is 89.5 Å². The standard InChI is InChI=1S/C24H22O6/c1-16(25)30-23-13-19(26)9-7-18(23)8-12-22(28)21-11-10-20(27)14-24(21)29-15-17-5-3-2-4-6-17/h2-14,22,26-28H,15H2,1H3. The summed E-state index contributed by atoms with van der Waals surface area (Å²) in [6, 6.07) is 18.4. The van der Waals surface area contributed by atoms with Crippen LogP contribution in [0.1, 0.15) is 29.7 Å². The molecule has 154 valence electrons. The SMILES string of the molecule is CC(=O)Oc1cc(O)ccc1C=CC(O)c1ccc(O)cc1OCc1ccccc1. The summed E-state index contributed by atoms with van der Waals surface area (Å²) in [4.78, 5) is 11.3. The zero-order valence-electron chi connectivity index (χ0n) is 16.4. The maximum absolute atomic E-state index is 11.3. The van der Waals surface area contributed by atoms with Crippen molar-refractivity contribution in [3.63, 3.8) is 0 Å². The van der Waals surface area contributed by atoms with Crippen LogP contribution in [0, 0.1) is 0 Å². The van der Waals surface area contributed by atoms with Gasteiger partial charge in [-0.05, 0) is 29.8 Å². The minimum absolute atomic E-state index is 0.0219. The molecule has 6 heteroatoms. The van der Waals surface area contributed by atoms with E-state index in [1.165, 1.54) is 37.3 Å². The van der Waals surface area contributed by atoms with Crippen LogP contribution in [-0.4, -0.2) is 21.3 Å². The Hall–Kier alpha value is -3.77. The molecule has 6 nitrogen and oxygen atoms in total. The molecular weight excluding hydrogens is 384 g/mol. The third kappa shape index (κ3) is 5.62. The number of aliphatic hydroxyl groups is 1. The van der Waals surface area contributed by atoms with E-state index in [0.717, 1.165) is 5.56 Å². The zero-order valence-corrected chi connectivity index (χ0v) is 16.4. The van der Waals surface area contributed by atoms with Gasteiger partial charge in [-0.2, -0.15) is 0 Å². The van der Waals surface area contributed by atoms with Crippen LogP contribution in [0.3, 0.4) is 0 Å². The highest BCUT2D eigenvalue weighted by atomic mass is 16.5. The summed E-state index contributed by atoms with van der Waals surface area (Å²) in [5.41, 5.74) is 1.92. The third-order valence-electron chi connectivity index (χ3n) is 4.26. The first-order chi connectivity index (χ1) is 14.4. The van der Waals surface area contributed by atoms with Crippen LogP contribution < -0.4 is 9.47 Å². The fourth-order valence-electron chi connectivity index (χ4n) is 2.83. The highest BCUT2D eigenvalue weighted by molar-refractivity contribution is 5.72. The van der Waals surface area contributed by atoms with Crippen LogP contribution in [0.4, 0.5) is 0 Å². The molecule has 0 aromatic heterocycles. The second kappa shape index (κ2) is 9.62. The molecule has 0 spiro atoms. The minimum atomic E-state index is -1.05. The number of hydrogen-bond donors (Lipinski definition) is 3. The predicted octanol–water partition coefficient (Wildman–Crippen LogP) is 4.35. The predicted molar refractivity (Wildman–Crippen MR) is 112 cm³/mol. The van der Waals surface area contributed by atoms with Gasteiger partial charge in [0.05, 0.1) is 0 Å². The van der Waals surface area contributed by atoms with Crippen molar-refractivity contribution < 1.29 is 29.6 Å². The summed E-state index contributed by atoms with van der Waals surface area (Å²) in [6.07, 6.45) is 2.03. The average molecular weight is 406 g/mol. The minimum Gasteiger partial charge on any atom is -0.508 e. The summed E-state index contributed by atoms with van der Waals surface area (Å²) in [7, 11) is 0. The molecule has 0 saturated heterocycles. The number of carbonyl (C=O) groups is 1. The number of benzene rings is 3. The summed E-state index contributed by atoms with van der Waals surface area (Å²) in [5, 5.41) is 30.1. The quantitative estimate of drug-likeness (QED) is 0.399. The molecule has 0 saturated carbocycles. The van der Waals surface area contributed by atoms with Gasteiger partial charge in [-0.25, -0.2) is 0 Å². The van der Waals surface area contributed by atoms with Gasteiger partial charge in [-0.15, -0.1) is 0 Å². The maximum Gasteiger partial charge on any atom is 0.308 e. The lowest BCUT2D eigenvalue weighted by Crippen LogP contribution is -2.03. The number of aliphatic hydroxyl groups excluding tert-OH is 1. The van der Waals surface area contributed by atoms with Gasteiger partial charge in [0.25, 0.3) is 0 Å². The number of carbonyl (C=O) groups excluding carboxylic acids is 1. The number of hydrogen-bond acceptors (Lipinski definition) is 6. The molecule has 3 aromatic rings. The molecule has 0 aliphatic heterocycles. The van der Waals surface area contributed by atoms with E-state index in [1.54, 1.807) is 18.2 Å². The van der Waals surface area contributed by atoms with Crippen molar-refractivity contribution in [2.45, 2.75) is 19.6 Å². The number of esters is 1. The van der Waals surface area contributed by atoms with Crippen LogP contribution in [0.25, 0.3) is 6.08 Å². The third-order valence-corrected chi connectivity index (χ3v) is 4.26. The largest absolute Gasteiger partial charge is 0.508 e. The van der Waals surface area contributed by atoms with Crippen LogP contribution >= 0.6 is 0 Å². The van der Waals surface area contributed by atoms with E-state index in [2.05, 4.69) is 0 Å². The molecule has 3 N–H and O–H groups in total. The molecule has 3 aromatic carbocycles. The Morgan fingerprint density at radius 1 is 0.967 bits per heavy atom. The molecule has 0 heterocycles. The van der Waals surface area contributed by atoms with Gasteiger partial charge in [-0.3, -0.25) is 4.79 Å². The summed E-state index contributed by atoms with van der Waals surface area (Å²) in [5.74, 6) is -0.0159. The Labute approximate surface area is 174 Å². The van der Waals surface area contributed by atoms with E-state index < -0.39 is 12.1 Å². The Balaban J connectivity index is 1.81. The van der Waals surface area contributed by atoms with Crippen LogP contribution in [0.2, 0.25) is 0 Å². The van der Waals surface area contributed by atoms with E-state index in [1.807, 2.05) is 30.3 Å². The number of phenols is 2. The van der Waals surface area contributed by atoms with Gasteiger partial charge in [-0.1, -0.05) is 42.5 Å². The molecular formula is C24H22O6. The van der Waals surface area contributed by atoms with Gasteiger partial charge < -0.3 is 24.8 Å². The Morgan fingerprint density at radius 3 is 2.33 bits per heavy atom. The van der Waals surface area contributed by atoms with E-state index in [-0.39, 0.29) is 23.9 Å². The van der Waals surface area contributed by atoms with Gasteiger partial charge >= 0.3 is 5.97 Å². The molecule has 0 aliphatic rings. The topological polar surface area (TPSA) is 96.2 Å². The van der Waals surface area contributed by atoms with Gasteiger partial charge in [0.15, 0.2) is 0 Å². The Morgan fingerprint density at radius 2 is 1.63 bits per heavy atom. The van der Waals surface area contributed by atoms with Crippen molar-refractivity contribution in [2.24, 2.45) is 0 Å². The van der Waals surface area contributed by atoms with E-state index in [4.69, 9.17) is 9.47 Å². The first-order valence-corrected chi connectivity index (χ1v) is 9.29. The summed E-state index contributed by atoms with van der Waals surface area (Å²) >= 11 is 0. The summed E-state index contributed by atoms with van der Waals surface area (Å²) < 4.78 is 10.9. The molecule has 1 atom stereocenters. The first-order valence-electron chi connectivity index (χ1n) is 9.29. The summed E-state index contributed by atoms with van der Waals surface area (Å²) in [6.45, 7) is 1.54. The van der Waals surface area contributed by atoms with Crippen LogP contribution in [0.15, 0.2) is 72.8 Å². The molecule has 0 fully saturated rings. The van der Waals surface area contributed by atoms with Crippen LogP contribution in [0.5, 0.6) is 23.0 Å². The average Bonchev–Trinajstić information content (AvgIpc) is 2.72. The number of phenolic OH excluding ortho intramolecular Hbond substituents is 2. The molecule has 0 amide bonds. The highest BCUT2D eigenvalue weighted by Gasteiger charge is 2.13. The maximum atomic E-state index is 11.3. The molecule has 0 radical (unpaired) electrons. The second-order valence-electron chi connectivity index (χ2n) is 6.62. The fourth-order valence-corrected chi connectivity index (χ4v) is 2.83. The van der Waals surface area contributed by atoms with Crippen molar-refractivity contribution >= 4 is 12.0 Å². The van der Waals surface area contributed by atoms with Crippen molar-refractivity contribution in [1.82, 2.24) is 0 Å². The van der Waals surface area contributed by atoms with Crippen molar-refractivity contribution in [3.8, 4) is 23.0 Å². The smallest absolute Gasteiger partial charge is 0.308 e. The number of aromatic hydroxyl groups is 2. The molecule has 3 rings (SSSR count). The number of rotatable bonds is 7. The lowest BCUT2D eigenvalue weighted by Gasteiger charge is -2.15. The Kier molecular flexibility index (Phi) is 6.72. The lowest BCUT2D eigenvalue weighted by atomic mass is 10.1. The van der Waals surface area contributed by atoms with Crippen molar-refractivity contribution in [2.75, 3.05) is 0 Å². The van der Waals surface area contributed by atoms with Crippen molar-refractivity contribution in [1.29, 1.82) is 0 Å². The normalized spacial score (nSPS) is 11.9. The molecule has 0 bridgehead atoms. The first kappa shape index (κ1) is 21.0. The second-order valence-corrected chi connectivity index (χ2v) is 6.62. The molecule has 30 heavy (non-hydrogen) atoms. The zero-order chi connectivity index (χ0) is 21.5. The van der Waals surface area contributed by atoms with E-state index in [0.29, 0.717) is 16.9 Å². The van der Waals surface area contributed by atoms with Gasteiger partial charge in [0, 0.05) is 30.2 Å². The highest BCUT2D eigenvalue weighted by Crippen LogP contribution is 2.32. The lowest BCUT2D eigenvalue weighted by molar-refractivity contribution is -0.131. The molecule has 1 unspecified atom stereocenters. The van der Waals surface area contributed by atoms with Gasteiger partial charge in [0.1, 0.15) is 35.7 Å². The van der Waals surface area contributed by atoms with E-state index in [9.17, 15) is 20.1 Å². The Bertz CT molecular complexity index is 1040.